The van der Waals surface area contributed by atoms with Crippen LogP contribution in [0.25, 0.3) is 10.1 Å². The zero-order valence-corrected chi connectivity index (χ0v) is 15.4. The number of rotatable bonds is 2. The van der Waals surface area contributed by atoms with Crippen LogP contribution in [0.3, 0.4) is 0 Å². The van der Waals surface area contributed by atoms with Crippen molar-refractivity contribution in [3.05, 3.63) is 58.7 Å². The van der Waals surface area contributed by atoms with Gasteiger partial charge in [0.25, 0.3) is 5.91 Å². The molecule has 2 aliphatic rings. The molecule has 6 heteroatoms. The largest absolute Gasteiger partial charge is 0.486 e. The Morgan fingerprint density at radius 2 is 1.93 bits per heavy atom. The number of nitrogens with zero attached hydrogens (tertiary/aromatic N) is 1. The molecule has 1 saturated heterocycles. The predicted molar refractivity (Wildman–Crippen MR) is 102 cm³/mol. The van der Waals surface area contributed by atoms with Crippen molar-refractivity contribution < 1.29 is 18.7 Å². The standard InChI is InChI=1S/C21H18FNO3S/c22-15-4-6-19-14(10-15)12-20(27-19)21(24)23-7-1-2-16(23)13-3-5-17-18(11-13)26-9-8-25-17/h3-6,10-12,16H,1-2,7-9H2. The Morgan fingerprint density at radius 1 is 1.07 bits per heavy atom. The van der Waals surface area contributed by atoms with Crippen molar-refractivity contribution in [1.29, 1.82) is 0 Å². The highest BCUT2D eigenvalue weighted by atomic mass is 32.1. The van der Waals surface area contributed by atoms with E-state index in [-0.39, 0.29) is 17.8 Å². The Balaban J connectivity index is 1.45. The second kappa shape index (κ2) is 6.53. The van der Waals surface area contributed by atoms with Crippen LogP contribution in [-0.4, -0.2) is 30.6 Å². The van der Waals surface area contributed by atoms with Crippen LogP contribution in [0.5, 0.6) is 11.5 Å². The van der Waals surface area contributed by atoms with Gasteiger partial charge in [0, 0.05) is 11.2 Å². The van der Waals surface area contributed by atoms with E-state index in [0.717, 1.165) is 46.5 Å². The summed E-state index contributed by atoms with van der Waals surface area (Å²) < 4.78 is 25.7. The molecule has 138 valence electrons. The summed E-state index contributed by atoms with van der Waals surface area (Å²) in [6, 6.07) is 12.4. The highest BCUT2D eigenvalue weighted by Crippen LogP contribution is 2.39. The lowest BCUT2D eigenvalue weighted by Crippen LogP contribution is -2.30. The minimum atomic E-state index is -0.283. The summed E-state index contributed by atoms with van der Waals surface area (Å²) in [5.74, 6) is 1.23. The van der Waals surface area contributed by atoms with Crippen LogP contribution in [0.1, 0.15) is 34.1 Å². The molecule has 1 amide bonds. The third-order valence-corrected chi connectivity index (χ3v) is 6.26. The average Bonchev–Trinajstić information content (AvgIpc) is 3.33. The van der Waals surface area contributed by atoms with E-state index in [0.29, 0.717) is 18.1 Å². The molecule has 1 unspecified atom stereocenters. The van der Waals surface area contributed by atoms with Gasteiger partial charge in [-0.1, -0.05) is 6.07 Å². The highest BCUT2D eigenvalue weighted by molar-refractivity contribution is 7.20. The van der Waals surface area contributed by atoms with Gasteiger partial charge in [0.15, 0.2) is 11.5 Å². The molecule has 0 bridgehead atoms. The van der Waals surface area contributed by atoms with E-state index < -0.39 is 0 Å². The first kappa shape index (κ1) is 16.6. The molecule has 2 aliphatic heterocycles. The number of fused-ring (bicyclic) bond motifs is 2. The van der Waals surface area contributed by atoms with Crippen molar-refractivity contribution in [2.45, 2.75) is 18.9 Å². The number of hydrogen-bond acceptors (Lipinski definition) is 4. The molecule has 4 nitrogen and oxygen atoms in total. The van der Waals surface area contributed by atoms with Gasteiger partial charge in [-0.2, -0.15) is 0 Å². The van der Waals surface area contributed by atoms with Gasteiger partial charge in [-0.05, 0) is 60.2 Å². The summed E-state index contributed by atoms with van der Waals surface area (Å²) >= 11 is 1.42. The Morgan fingerprint density at radius 3 is 2.81 bits per heavy atom. The lowest BCUT2D eigenvalue weighted by atomic mass is 10.0. The van der Waals surface area contributed by atoms with Gasteiger partial charge >= 0.3 is 0 Å². The second-order valence-electron chi connectivity index (χ2n) is 6.85. The van der Waals surface area contributed by atoms with Crippen molar-refractivity contribution in [2.24, 2.45) is 0 Å². The van der Waals surface area contributed by atoms with E-state index in [1.54, 1.807) is 12.1 Å². The van der Waals surface area contributed by atoms with Crippen molar-refractivity contribution in [3.8, 4) is 11.5 Å². The molecule has 0 saturated carbocycles. The number of benzene rings is 2. The fraction of sp³-hybridized carbons (Fsp3) is 0.286. The van der Waals surface area contributed by atoms with Gasteiger partial charge in [0.1, 0.15) is 19.0 Å². The molecule has 5 rings (SSSR count). The van der Waals surface area contributed by atoms with E-state index in [2.05, 4.69) is 0 Å². The minimum absolute atomic E-state index is 0.00833. The van der Waals surface area contributed by atoms with E-state index in [1.165, 1.54) is 23.5 Å². The molecular weight excluding hydrogens is 365 g/mol. The van der Waals surface area contributed by atoms with E-state index in [4.69, 9.17) is 9.47 Å². The molecule has 0 aliphatic carbocycles. The topological polar surface area (TPSA) is 38.8 Å². The Labute approximate surface area is 160 Å². The summed E-state index contributed by atoms with van der Waals surface area (Å²) in [6.45, 7) is 1.83. The number of hydrogen-bond donors (Lipinski definition) is 0. The SMILES string of the molecule is O=C(c1cc2cc(F)ccc2s1)N1CCCC1c1ccc2c(c1)OCCO2. The van der Waals surface area contributed by atoms with Crippen LogP contribution < -0.4 is 9.47 Å². The summed E-state index contributed by atoms with van der Waals surface area (Å²) in [4.78, 5) is 15.7. The van der Waals surface area contributed by atoms with Gasteiger partial charge in [-0.15, -0.1) is 11.3 Å². The lowest BCUT2D eigenvalue weighted by Gasteiger charge is -2.26. The third kappa shape index (κ3) is 2.94. The summed E-state index contributed by atoms with van der Waals surface area (Å²) in [7, 11) is 0. The number of halogens is 1. The van der Waals surface area contributed by atoms with Crippen molar-refractivity contribution in [1.82, 2.24) is 4.90 Å². The fourth-order valence-electron chi connectivity index (χ4n) is 3.88. The maximum Gasteiger partial charge on any atom is 0.264 e. The molecule has 1 aromatic heterocycles. The zero-order valence-electron chi connectivity index (χ0n) is 14.6. The maximum absolute atomic E-state index is 13.5. The smallest absolute Gasteiger partial charge is 0.264 e. The zero-order chi connectivity index (χ0) is 18.4. The number of thiophene rings is 1. The predicted octanol–water partition coefficient (Wildman–Crippen LogP) is 4.79. The monoisotopic (exact) mass is 383 g/mol. The van der Waals surface area contributed by atoms with E-state index in [1.807, 2.05) is 23.1 Å². The number of ether oxygens (including phenoxy) is 2. The molecule has 0 N–H and O–H groups in total. The normalized spacial score (nSPS) is 18.9. The molecule has 1 fully saturated rings. The van der Waals surface area contributed by atoms with Crippen LogP contribution in [-0.2, 0) is 0 Å². The fourth-order valence-corrected chi connectivity index (χ4v) is 4.88. The van der Waals surface area contributed by atoms with Crippen LogP contribution in [0.15, 0.2) is 42.5 Å². The Kier molecular flexibility index (Phi) is 4.01. The highest BCUT2D eigenvalue weighted by Gasteiger charge is 2.32. The Hall–Kier alpha value is -2.60. The van der Waals surface area contributed by atoms with E-state index >= 15 is 0 Å². The molecule has 2 aromatic carbocycles. The summed E-state index contributed by atoms with van der Waals surface area (Å²) in [6.07, 6.45) is 1.88. The lowest BCUT2D eigenvalue weighted by molar-refractivity contribution is 0.0740. The van der Waals surface area contributed by atoms with Crippen LogP contribution in [0.2, 0.25) is 0 Å². The molecule has 0 radical (unpaired) electrons. The first-order valence-corrected chi connectivity index (χ1v) is 9.90. The Bertz CT molecular complexity index is 1030. The van der Waals surface area contributed by atoms with Crippen molar-refractivity contribution in [3.63, 3.8) is 0 Å². The van der Waals surface area contributed by atoms with Gasteiger partial charge in [-0.25, -0.2) is 4.39 Å². The first-order chi connectivity index (χ1) is 13.2. The number of amides is 1. The van der Waals surface area contributed by atoms with Crippen molar-refractivity contribution >= 4 is 27.3 Å². The van der Waals surface area contributed by atoms with Gasteiger partial charge in [0.2, 0.25) is 0 Å². The minimum Gasteiger partial charge on any atom is -0.486 e. The summed E-state index contributed by atoms with van der Waals surface area (Å²) in [5, 5.41) is 0.776. The van der Waals surface area contributed by atoms with Gasteiger partial charge < -0.3 is 14.4 Å². The quantitative estimate of drug-likeness (QED) is 0.639. The average molecular weight is 383 g/mol. The van der Waals surface area contributed by atoms with E-state index in [9.17, 15) is 9.18 Å². The molecule has 27 heavy (non-hydrogen) atoms. The molecule has 0 spiro atoms. The van der Waals surface area contributed by atoms with Crippen LogP contribution in [0.4, 0.5) is 4.39 Å². The number of carbonyl (C=O) groups excluding carboxylic acids is 1. The molecular formula is C21H18FNO3S. The van der Waals surface area contributed by atoms with Crippen LogP contribution in [0, 0.1) is 5.82 Å². The van der Waals surface area contributed by atoms with Gasteiger partial charge in [0.05, 0.1) is 10.9 Å². The third-order valence-electron chi connectivity index (χ3n) is 5.15. The first-order valence-electron chi connectivity index (χ1n) is 9.09. The number of carbonyl (C=O) groups is 1. The van der Waals surface area contributed by atoms with Gasteiger partial charge in [-0.3, -0.25) is 4.79 Å². The second-order valence-corrected chi connectivity index (χ2v) is 7.94. The van der Waals surface area contributed by atoms with Crippen LogP contribution >= 0.6 is 11.3 Å². The molecule has 3 heterocycles. The molecule has 3 aromatic rings. The summed E-state index contributed by atoms with van der Waals surface area (Å²) in [5.41, 5.74) is 1.07. The number of likely N-dealkylation sites (tertiary alicyclic amines) is 1. The van der Waals surface area contributed by atoms with Crippen molar-refractivity contribution in [2.75, 3.05) is 19.8 Å². The molecule has 1 atom stereocenters. The maximum atomic E-state index is 13.5.